The molecule has 1 aromatic carbocycles. The fourth-order valence-corrected chi connectivity index (χ4v) is 5.78. The molecule has 3 aliphatic rings. The number of ether oxygens (including phenoxy) is 1. The first kappa shape index (κ1) is 24.6. The van der Waals surface area contributed by atoms with Crippen molar-refractivity contribution in [1.82, 2.24) is 20.0 Å². The van der Waals surface area contributed by atoms with Crippen molar-refractivity contribution in [2.45, 2.75) is 62.8 Å². The summed E-state index contributed by atoms with van der Waals surface area (Å²) in [6.07, 6.45) is 4.09. The standard InChI is InChI=1S/C25H36N4O5/c1-27-19(9-10-22(30)29-12-3-4-20(29)16-34-2)14-26-24(31)23-21(27)11-13-28(23)15-17-5-7-18(8-6-17)25(32)33/h5-8,19-21,23H,3-4,9-16H2,1-2H3,(H,26,31)(H,32,33)/t19-,20+,21+,23-/m0/s1. The lowest BCUT2D eigenvalue weighted by atomic mass is 10.0. The second kappa shape index (κ2) is 10.8. The number of fused-ring (bicyclic) bond motifs is 1. The zero-order valence-corrected chi connectivity index (χ0v) is 20.1. The Bertz CT molecular complexity index is 892. The summed E-state index contributed by atoms with van der Waals surface area (Å²) >= 11 is 0. The van der Waals surface area contributed by atoms with Crippen LogP contribution in [0, 0.1) is 0 Å². The van der Waals surface area contributed by atoms with Crippen LogP contribution in [-0.4, -0.2) is 102 Å². The number of hydrogen-bond donors (Lipinski definition) is 2. The molecule has 0 aliphatic carbocycles. The Kier molecular flexibility index (Phi) is 7.85. The van der Waals surface area contributed by atoms with E-state index in [1.807, 2.05) is 17.0 Å². The van der Waals surface area contributed by atoms with Crippen LogP contribution in [0.15, 0.2) is 24.3 Å². The summed E-state index contributed by atoms with van der Waals surface area (Å²) in [7, 11) is 3.75. The number of aromatic carboxylic acids is 1. The number of rotatable bonds is 8. The van der Waals surface area contributed by atoms with Crippen molar-refractivity contribution < 1.29 is 24.2 Å². The number of carboxylic acids is 1. The molecule has 3 fully saturated rings. The van der Waals surface area contributed by atoms with E-state index in [0.29, 0.717) is 32.5 Å². The average molecular weight is 473 g/mol. The number of nitrogens with one attached hydrogen (secondary N) is 1. The maximum absolute atomic E-state index is 13.0. The Morgan fingerprint density at radius 1 is 1.15 bits per heavy atom. The van der Waals surface area contributed by atoms with Crippen LogP contribution in [0.1, 0.15) is 48.0 Å². The van der Waals surface area contributed by atoms with Crippen LogP contribution in [0.4, 0.5) is 0 Å². The molecule has 2 amide bonds. The zero-order valence-electron chi connectivity index (χ0n) is 20.1. The van der Waals surface area contributed by atoms with E-state index in [0.717, 1.165) is 37.9 Å². The van der Waals surface area contributed by atoms with E-state index in [1.54, 1.807) is 19.2 Å². The van der Waals surface area contributed by atoms with Gasteiger partial charge < -0.3 is 20.1 Å². The third-order valence-corrected chi connectivity index (χ3v) is 7.68. The molecule has 3 heterocycles. The molecule has 0 spiro atoms. The number of methoxy groups -OCH3 is 1. The third kappa shape index (κ3) is 5.26. The van der Waals surface area contributed by atoms with Crippen molar-refractivity contribution in [3.8, 4) is 0 Å². The summed E-state index contributed by atoms with van der Waals surface area (Å²) in [5.41, 5.74) is 1.25. The second-order valence-corrected chi connectivity index (χ2v) is 9.72. The molecule has 9 heteroatoms. The van der Waals surface area contributed by atoms with Gasteiger partial charge in [-0.2, -0.15) is 0 Å². The molecule has 4 atom stereocenters. The van der Waals surface area contributed by atoms with Crippen LogP contribution in [0.3, 0.4) is 0 Å². The summed E-state index contributed by atoms with van der Waals surface area (Å²) < 4.78 is 5.28. The van der Waals surface area contributed by atoms with Crippen molar-refractivity contribution in [2.75, 3.05) is 40.4 Å². The Balaban J connectivity index is 1.36. The van der Waals surface area contributed by atoms with E-state index < -0.39 is 5.97 Å². The number of carboxylic acid groups (broad SMARTS) is 1. The molecule has 2 N–H and O–H groups in total. The molecular weight excluding hydrogens is 436 g/mol. The summed E-state index contributed by atoms with van der Waals surface area (Å²) in [6.45, 7) is 3.33. The van der Waals surface area contributed by atoms with E-state index in [9.17, 15) is 14.4 Å². The minimum atomic E-state index is -0.943. The van der Waals surface area contributed by atoms with E-state index in [-0.39, 0.29) is 41.5 Å². The average Bonchev–Trinajstić information content (AvgIpc) is 3.43. The van der Waals surface area contributed by atoms with Gasteiger partial charge in [0.15, 0.2) is 0 Å². The van der Waals surface area contributed by atoms with Gasteiger partial charge in [0, 0.05) is 51.8 Å². The highest BCUT2D eigenvalue weighted by molar-refractivity contribution is 5.87. The molecule has 0 aromatic heterocycles. The normalized spacial score (nSPS) is 27.9. The highest BCUT2D eigenvalue weighted by atomic mass is 16.5. The number of likely N-dealkylation sites (tertiary alicyclic amines) is 2. The van der Waals surface area contributed by atoms with Crippen molar-refractivity contribution in [2.24, 2.45) is 0 Å². The molecule has 0 radical (unpaired) electrons. The third-order valence-electron chi connectivity index (χ3n) is 7.68. The number of nitrogens with zero attached hydrogens (tertiary/aromatic N) is 3. The molecule has 3 aliphatic heterocycles. The van der Waals surface area contributed by atoms with Gasteiger partial charge >= 0.3 is 5.97 Å². The molecule has 0 bridgehead atoms. The minimum Gasteiger partial charge on any atom is -0.478 e. The van der Waals surface area contributed by atoms with Crippen LogP contribution in [0.5, 0.6) is 0 Å². The van der Waals surface area contributed by atoms with Crippen molar-refractivity contribution in [1.29, 1.82) is 0 Å². The largest absolute Gasteiger partial charge is 0.478 e. The predicted molar refractivity (Wildman–Crippen MR) is 126 cm³/mol. The first-order chi connectivity index (χ1) is 16.4. The minimum absolute atomic E-state index is 0.0324. The van der Waals surface area contributed by atoms with Gasteiger partial charge in [-0.1, -0.05) is 12.1 Å². The van der Waals surface area contributed by atoms with Crippen LogP contribution in [0.25, 0.3) is 0 Å². The first-order valence-corrected chi connectivity index (χ1v) is 12.2. The van der Waals surface area contributed by atoms with Crippen LogP contribution < -0.4 is 5.32 Å². The fraction of sp³-hybridized carbons (Fsp3) is 0.640. The molecule has 9 nitrogen and oxygen atoms in total. The van der Waals surface area contributed by atoms with Crippen molar-refractivity contribution in [3.05, 3.63) is 35.4 Å². The Morgan fingerprint density at radius 3 is 2.62 bits per heavy atom. The number of benzene rings is 1. The molecule has 1 aromatic rings. The summed E-state index contributed by atoms with van der Waals surface area (Å²) in [6, 6.07) is 6.98. The highest BCUT2D eigenvalue weighted by Gasteiger charge is 2.45. The lowest BCUT2D eigenvalue weighted by molar-refractivity contribution is -0.133. The molecule has 4 rings (SSSR count). The Morgan fingerprint density at radius 2 is 1.91 bits per heavy atom. The first-order valence-electron chi connectivity index (χ1n) is 12.2. The Hall–Kier alpha value is -2.49. The van der Waals surface area contributed by atoms with E-state index in [1.165, 1.54) is 0 Å². The summed E-state index contributed by atoms with van der Waals surface area (Å²) in [5, 5.41) is 12.2. The van der Waals surface area contributed by atoms with E-state index in [2.05, 4.69) is 22.2 Å². The molecule has 3 saturated heterocycles. The lowest BCUT2D eigenvalue weighted by Gasteiger charge is -2.33. The topological polar surface area (TPSA) is 102 Å². The van der Waals surface area contributed by atoms with Gasteiger partial charge in [0.25, 0.3) is 0 Å². The number of amides is 2. The predicted octanol–water partition coefficient (Wildman–Crippen LogP) is 1.18. The van der Waals surface area contributed by atoms with Crippen LogP contribution in [0.2, 0.25) is 0 Å². The molecule has 34 heavy (non-hydrogen) atoms. The Labute approximate surface area is 201 Å². The number of carbonyl (C=O) groups excluding carboxylic acids is 2. The fourth-order valence-electron chi connectivity index (χ4n) is 5.78. The highest BCUT2D eigenvalue weighted by Crippen LogP contribution is 2.29. The lowest BCUT2D eigenvalue weighted by Crippen LogP contribution is -2.49. The van der Waals surface area contributed by atoms with Gasteiger partial charge in [-0.3, -0.25) is 19.4 Å². The number of carbonyl (C=O) groups is 3. The van der Waals surface area contributed by atoms with Crippen molar-refractivity contribution >= 4 is 17.8 Å². The van der Waals surface area contributed by atoms with Gasteiger partial charge in [0.1, 0.15) is 6.04 Å². The van der Waals surface area contributed by atoms with Gasteiger partial charge in [-0.15, -0.1) is 0 Å². The molecule has 186 valence electrons. The number of likely N-dealkylation sites (N-methyl/N-ethyl adjacent to an activating group) is 1. The SMILES string of the molecule is COC[C@H]1CCCN1C(=O)CC[C@H]1CNC(=O)[C@@H]2[C@@H](CCN2Cc2ccc(C(=O)O)cc2)N1C. The van der Waals surface area contributed by atoms with Gasteiger partial charge in [-0.25, -0.2) is 4.79 Å². The van der Waals surface area contributed by atoms with Gasteiger partial charge in [0.2, 0.25) is 11.8 Å². The second-order valence-electron chi connectivity index (χ2n) is 9.72. The van der Waals surface area contributed by atoms with Gasteiger partial charge in [0.05, 0.1) is 18.2 Å². The number of hydrogen-bond acceptors (Lipinski definition) is 6. The van der Waals surface area contributed by atoms with Crippen molar-refractivity contribution in [3.63, 3.8) is 0 Å². The summed E-state index contributed by atoms with van der Waals surface area (Å²) in [4.78, 5) is 43.5. The molecule has 0 saturated carbocycles. The van der Waals surface area contributed by atoms with Crippen LogP contribution >= 0.6 is 0 Å². The van der Waals surface area contributed by atoms with Gasteiger partial charge in [-0.05, 0) is 50.4 Å². The van der Waals surface area contributed by atoms with E-state index >= 15 is 0 Å². The molecular formula is C25H36N4O5. The monoisotopic (exact) mass is 472 g/mol. The quantitative estimate of drug-likeness (QED) is 0.586. The van der Waals surface area contributed by atoms with E-state index in [4.69, 9.17) is 9.84 Å². The smallest absolute Gasteiger partial charge is 0.335 e. The summed E-state index contributed by atoms with van der Waals surface area (Å²) in [5.74, 6) is -0.732. The maximum atomic E-state index is 13.0. The van der Waals surface area contributed by atoms with Crippen LogP contribution in [-0.2, 0) is 20.9 Å². The maximum Gasteiger partial charge on any atom is 0.335 e. The zero-order chi connectivity index (χ0) is 24.2. The molecule has 0 unspecified atom stereocenters.